The number of furan rings is 1. The SMILES string of the molecule is CCOc1cc(C(=O)NCc2ccc(C(=O)c3ccco3)s2)cc(OCC)c1OCC. The maximum absolute atomic E-state index is 12.8. The van der Waals surface area contributed by atoms with Gasteiger partial charge in [-0.3, -0.25) is 9.59 Å². The number of rotatable bonds is 11. The maximum atomic E-state index is 12.8. The lowest BCUT2D eigenvalue weighted by molar-refractivity contribution is 0.0949. The molecule has 0 aliphatic carbocycles. The minimum absolute atomic E-state index is 0.179. The van der Waals surface area contributed by atoms with Gasteiger partial charge in [0.2, 0.25) is 11.5 Å². The van der Waals surface area contributed by atoms with Gasteiger partial charge in [0, 0.05) is 10.4 Å². The Morgan fingerprint density at radius 3 is 2.23 bits per heavy atom. The Morgan fingerprint density at radius 2 is 1.65 bits per heavy atom. The van der Waals surface area contributed by atoms with Crippen LogP contribution in [0, 0.1) is 0 Å². The molecule has 31 heavy (non-hydrogen) atoms. The van der Waals surface area contributed by atoms with E-state index in [1.54, 1.807) is 30.3 Å². The van der Waals surface area contributed by atoms with Crippen molar-refractivity contribution in [2.24, 2.45) is 0 Å². The topological polar surface area (TPSA) is 87.0 Å². The fourth-order valence-electron chi connectivity index (χ4n) is 2.91. The summed E-state index contributed by atoms with van der Waals surface area (Å²) in [5, 5.41) is 2.88. The molecule has 7 nitrogen and oxygen atoms in total. The molecule has 164 valence electrons. The molecule has 3 aromatic rings. The zero-order valence-electron chi connectivity index (χ0n) is 17.7. The minimum atomic E-state index is -0.280. The van der Waals surface area contributed by atoms with Crippen molar-refractivity contribution in [3.05, 3.63) is 63.7 Å². The van der Waals surface area contributed by atoms with Crippen LogP contribution < -0.4 is 19.5 Å². The summed E-state index contributed by atoms with van der Waals surface area (Å²) in [4.78, 5) is 26.5. The number of hydrogen-bond donors (Lipinski definition) is 1. The molecule has 0 spiro atoms. The molecule has 0 radical (unpaired) electrons. The Morgan fingerprint density at radius 1 is 0.968 bits per heavy atom. The molecule has 2 heterocycles. The predicted molar refractivity (Wildman–Crippen MR) is 118 cm³/mol. The smallest absolute Gasteiger partial charge is 0.251 e. The first-order chi connectivity index (χ1) is 15.1. The van der Waals surface area contributed by atoms with Crippen LogP contribution in [0.15, 0.2) is 47.1 Å². The first kappa shape index (κ1) is 22.4. The largest absolute Gasteiger partial charge is 0.490 e. The lowest BCUT2D eigenvalue weighted by atomic mass is 10.1. The van der Waals surface area contributed by atoms with Crippen molar-refractivity contribution >= 4 is 23.0 Å². The summed E-state index contributed by atoms with van der Waals surface area (Å²) in [7, 11) is 0. The van der Waals surface area contributed by atoms with Crippen LogP contribution in [0.5, 0.6) is 17.2 Å². The summed E-state index contributed by atoms with van der Waals surface area (Å²) in [6, 6.07) is 10.1. The molecule has 2 aromatic heterocycles. The Labute approximate surface area is 184 Å². The van der Waals surface area contributed by atoms with Gasteiger partial charge in [-0.1, -0.05) is 0 Å². The van der Waals surface area contributed by atoms with Crippen molar-refractivity contribution in [3.63, 3.8) is 0 Å². The Hall–Kier alpha value is -3.26. The van der Waals surface area contributed by atoms with E-state index in [1.807, 2.05) is 26.8 Å². The summed E-state index contributed by atoms with van der Waals surface area (Å²) < 4.78 is 22.2. The number of benzene rings is 1. The highest BCUT2D eigenvalue weighted by Crippen LogP contribution is 2.39. The van der Waals surface area contributed by atoms with E-state index in [0.29, 0.717) is 53.3 Å². The fourth-order valence-corrected chi connectivity index (χ4v) is 3.81. The monoisotopic (exact) mass is 443 g/mol. The van der Waals surface area contributed by atoms with E-state index in [4.69, 9.17) is 18.6 Å². The van der Waals surface area contributed by atoms with Crippen LogP contribution in [0.1, 0.15) is 51.4 Å². The number of carbonyl (C=O) groups excluding carboxylic acids is 2. The van der Waals surface area contributed by atoms with Crippen LogP contribution in [0.3, 0.4) is 0 Å². The zero-order valence-corrected chi connectivity index (χ0v) is 18.5. The Balaban J connectivity index is 1.73. The molecule has 1 N–H and O–H groups in total. The van der Waals surface area contributed by atoms with E-state index in [-0.39, 0.29) is 18.2 Å². The first-order valence-electron chi connectivity index (χ1n) is 10.1. The lowest BCUT2D eigenvalue weighted by Gasteiger charge is -2.17. The molecule has 1 aromatic carbocycles. The van der Waals surface area contributed by atoms with Gasteiger partial charge in [-0.25, -0.2) is 0 Å². The molecule has 0 saturated heterocycles. The normalized spacial score (nSPS) is 10.5. The van der Waals surface area contributed by atoms with Crippen molar-refractivity contribution in [1.29, 1.82) is 0 Å². The van der Waals surface area contributed by atoms with E-state index in [0.717, 1.165) is 4.88 Å². The second-order valence-corrected chi connectivity index (χ2v) is 7.52. The average Bonchev–Trinajstić information content (AvgIpc) is 3.46. The average molecular weight is 444 g/mol. The summed E-state index contributed by atoms with van der Waals surface area (Å²) in [5.74, 6) is 1.24. The van der Waals surface area contributed by atoms with Gasteiger partial charge in [-0.15, -0.1) is 11.3 Å². The number of ether oxygens (including phenoxy) is 3. The quantitative estimate of drug-likeness (QED) is 0.432. The molecular weight excluding hydrogens is 418 g/mol. The maximum Gasteiger partial charge on any atom is 0.251 e. The van der Waals surface area contributed by atoms with Crippen molar-refractivity contribution in [1.82, 2.24) is 5.32 Å². The van der Waals surface area contributed by atoms with Gasteiger partial charge < -0.3 is 23.9 Å². The molecule has 0 unspecified atom stereocenters. The van der Waals surface area contributed by atoms with Gasteiger partial charge in [0.25, 0.3) is 5.91 Å². The molecule has 3 rings (SSSR count). The summed E-state index contributed by atoms with van der Waals surface area (Å²) in [5.41, 5.74) is 0.402. The molecule has 0 bridgehead atoms. The van der Waals surface area contributed by atoms with Gasteiger partial charge in [0.15, 0.2) is 17.3 Å². The molecule has 0 atom stereocenters. The summed E-state index contributed by atoms with van der Waals surface area (Å²) in [6.07, 6.45) is 1.46. The van der Waals surface area contributed by atoms with E-state index in [1.165, 1.54) is 17.6 Å². The lowest BCUT2D eigenvalue weighted by Crippen LogP contribution is -2.22. The number of thiophene rings is 1. The zero-order chi connectivity index (χ0) is 22.2. The van der Waals surface area contributed by atoms with E-state index in [2.05, 4.69) is 5.32 Å². The van der Waals surface area contributed by atoms with E-state index >= 15 is 0 Å². The molecule has 0 saturated carbocycles. The van der Waals surface area contributed by atoms with Crippen LogP contribution in [0.2, 0.25) is 0 Å². The van der Waals surface area contributed by atoms with Crippen LogP contribution in [-0.2, 0) is 6.54 Å². The van der Waals surface area contributed by atoms with Gasteiger partial charge >= 0.3 is 0 Å². The number of nitrogens with one attached hydrogen (secondary N) is 1. The molecular formula is C23H25NO6S. The molecule has 0 fully saturated rings. The standard InChI is InChI=1S/C23H25NO6S/c1-4-27-18-12-15(13-19(28-5-2)22(18)29-6-3)23(26)24-14-16-9-10-20(31-16)21(25)17-8-7-11-30-17/h7-13H,4-6,14H2,1-3H3,(H,24,26). The fraction of sp³-hybridized carbons (Fsp3) is 0.304. The van der Waals surface area contributed by atoms with Gasteiger partial charge in [-0.2, -0.15) is 0 Å². The second-order valence-electron chi connectivity index (χ2n) is 6.36. The summed E-state index contributed by atoms with van der Waals surface area (Å²) in [6.45, 7) is 7.19. The van der Waals surface area contributed by atoms with E-state index < -0.39 is 0 Å². The van der Waals surface area contributed by atoms with Gasteiger partial charge in [0.05, 0.1) is 37.5 Å². The Kier molecular flexibility index (Phi) is 7.72. The first-order valence-corrected chi connectivity index (χ1v) is 10.9. The number of amides is 1. The number of carbonyl (C=O) groups is 2. The van der Waals surface area contributed by atoms with Crippen molar-refractivity contribution in [3.8, 4) is 17.2 Å². The van der Waals surface area contributed by atoms with Gasteiger partial charge in [-0.05, 0) is 57.2 Å². The molecule has 8 heteroatoms. The third kappa shape index (κ3) is 5.46. The van der Waals surface area contributed by atoms with Crippen molar-refractivity contribution in [2.75, 3.05) is 19.8 Å². The van der Waals surface area contributed by atoms with Crippen LogP contribution in [0.25, 0.3) is 0 Å². The van der Waals surface area contributed by atoms with Crippen molar-refractivity contribution in [2.45, 2.75) is 27.3 Å². The summed E-state index contributed by atoms with van der Waals surface area (Å²) >= 11 is 1.31. The van der Waals surface area contributed by atoms with Crippen LogP contribution >= 0.6 is 11.3 Å². The highest BCUT2D eigenvalue weighted by atomic mass is 32.1. The van der Waals surface area contributed by atoms with Crippen LogP contribution in [0.4, 0.5) is 0 Å². The van der Waals surface area contributed by atoms with Crippen molar-refractivity contribution < 1.29 is 28.2 Å². The van der Waals surface area contributed by atoms with E-state index in [9.17, 15) is 9.59 Å². The minimum Gasteiger partial charge on any atom is -0.490 e. The molecule has 0 aliphatic rings. The third-order valence-electron chi connectivity index (χ3n) is 4.22. The van der Waals surface area contributed by atoms with Crippen LogP contribution in [-0.4, -0.2) is 31.5 Å². The number of ketones is 1. The second kappa shape index (κ2) is 10.7. The third-order valence-corrected chi connectivity index (χ3v) is 5.31. The van der Waals surface area contributed by atoms with Gasteiger partial charge in [0.1, 0.15) is 0 Å². The number of hydrogen-bond acceptors (Lipinski definition) is 7. The predicted octanol–water partition coefficient (Wildman–Crippen LogP) is 4.70. The Bertz CT molecular complexity index is 998. The molecule has 0 aliphatic heterocycles. The highest BCUT2D eigenvalue weighted by Gasteiger charge is 2.19. The highest BCUT2D eigenvalue weighted by molar-refractivity contribution is 7.14. The molecule has 1 amide bonds.